The van der Waals surface area contributed by atoms with Crippen molar-refractivity contribution in [1.82, 2.24) is 0 Å². The van der Waals surface area contributed by atoms with Gasteiger partial charge in [-0.1, -0.05) is 306 Å². The van der Waals surface area contributed by atoms with Crippen LogP contribution in [0.5, 0.6) is 0 Å². The summed E-state index contributed by atoms with van der Waals surface area (Å²) >= 11 is 0. The molecule has 19 heteroatoms. The Bertz CT molecular complexity index is 2140. The summed E-state index contributed by atoms with van der Waals surface area (Å²) in [5, 5.41) is 10.6. The summed E-state index contributed by atoms with van der Waals surface area (Å²) in [5.41, 5.74) is 0. The quantitative estimate of drug-likeness (QED) is 0.0169. The second-order valence-electron chi connectivity index (χ2n) is 26.3. The third kappa shape index (κ3) is 70.9. The van der Waals surface area contributed by atoms with Crippen LogP contribution in [0.25, 0.3) is 0 Å². The van der Waals surface area contributed by atoms with E-state index in [1.165, 1.54) is 148 Å². The molecule has 0 aromatic heterocycles. The number of ether oxygens (including phenoxy) is 4. The van der Waals surface area contributed by atoms with E-state index in [2.05, 4.69) is 88.5 Å². The van der Waals surface area contributed by atoms with Crippen LogP contribution >= 0.6 is 15.6 Å². The van der Waals surface area contributed by atoms with Crippen molar-refractivity contribution in [2.24, 2.45) is 0 Å². The van der Waals surface area contributed by atoms with E-state index in [1.54, 1.807) is 0 Å². The second-order valence-corrected chi connectivity index (χ2v) is 29.2. The number of aliphatic hydroxyl groups excluding tert-OH is 1. The lowest BCUT2D eigenvalue weighted by Gasteiger charge is -2.21. The summed E-state index contributed by atoms with van der Waals surface area (Å²) in [4.78, 5) is 72.8. The van der Waals surface area contributed by atoms with Gasteiger partial charge in [-0.25, -0.2) is 9.13 Å². The Balaban J connectivity index is 5.36. The van der Waals surface area contributed by atoms with Gasteiger partial charge in [0.25, 0.3) is 0 Å². The lowest BCUT2D eigenvalue weighted by Crippen LogP contribution is -2.30. The molecule has 0 rings (SSSR count). The van der Waals surface area contributed by atoms with Crippen LogP contribution in [0.4, 0.5) is 0 Å². The monoisotopic (exact) mass is 1420 g/mol. The lowest BCUT2D eigenvalue weighted by atomic mass is 10.0. The predicted molar refractivity (Wildman–Crippen MR) is 400 cm³/mol. The molecule has 0 aromatic carbocycles. The zero-order chi connectivity index (χ0) is 71.8. The molecule has 2 unspecified atom stereocenters. The van der Waals surface area contributed by atoms with Gasteiger partial charge < -0.3 is 33.8 Å². The van der Waals surface area contributed by atoms with Crippen LogP contribution in [0.2, 0.25) is 0 Å². The molecule has 0 saturated carbocycles. The van der Waals surface area contributed by atoms with E-state index in [0.29, 0.717) is 32.1 Å². The van der Waals surface area contributed by atoms with Crippen LogP contribution in [0.1, 0.15) is 349 Å². The number of esters is 4. The zero-order valence-electron chi connectivity index (χ0n) is 62.2. The molecule has 98 heavy (non-hydrogen) atoms. The van der Waals surface area contributed by atoms with Crippen LogP contribution in [0, 0.1) is 0 Å². The Morgan fingerprint density at radius 2 is 0.520 bits per heavy atom. The SMILES string of the molecule is CCCCC/C=C\C/C=C\C/C=C\C/C=C\C/C=C\CCC(=O)OC[C@H](COP(=O)(O)OC[C@@H](O)COP(=O)(O)OC[C@@H](COC(=O)CCCCCCC/C=C\CCCCCC)OC(=O)CCCCCCCCCCCCCCC)OC(=O)CCCCCCCCCCCCCCC. The summed E-state index contributed by atoms with van der Waals surface area (Å²) in [5.74, 6) is -2.25. The van der Waals surface area contributed by atoms with Gasteiger partial charge in [0.1, 0.15) is 19.3 Å². The topological polar surface area (TPSA) is 237 Å². The molecule has 0 aliphatic heterocycles. The molecular weight excluding hydrogens is 1280 g/mol. The third-order valence-electron chi connectivity index (χ3n) is 16.7. The summed E-state index contributed by atoms with van der Waals surface area (Å²) in [6, 6.07) is 0. The number of hydrogen-bond donors (Lipinski definition) is 3. The van der Waals surface area contributed by atoms with Gasteiger partial charge in [-0.3, -0.25) is 37.3 Å². The molecule has 570 valence electrons. The fourth-order valence-electron chi connectivity index (χ4n) is 10.7. The average molecular weight is 1430 g/mol. The van der Waals surface area contributed by atoms with Crippen molar-refractivity contribution in [3.05, 3.63) is 72.9 Å². The minimum Gasteiger partial charge on any atom is -0.462 e. The predicted octanol–water partition coefficient (Wildman–Crippen LogP) is 22.4. The molecule has 0 heterocycles. The fourth-order valence-corrected chi connectivity index (χ4v) is 12.2. The van der Waals surface area contributed by atoms with E-state index in [0.717, 1.165) is 116 Å². The molecule has 3 N–H and O–H groups in total. The molecule has 0 radical (unpaired) electrons. The summed E-state index contributed by atoms with van der Waals surface area (Å²) in [7, 11) is -9.95. The van der Waals surface area contributed by atoms with Gasteiger partial charge >= 0.3 is 39.5 Å². The van der Waals surface area contributed by atoms with E-state index in [-0.39, 0.29) is 25.7 Å². The number of carbonyl (C=O) groups is 4. The van der Waals surface area contributed by atoms with Crippen molar-refractivity contribution < 1.29 is 80.2 Å². The molecule has 0 amide bonds. The van der Waals surface area contributed by atoms with Gasteiger partial charge in [0, 0.05) is 25.7 Å². The van der Waals surface area contributed by atoms with E-state index in [4.69, 9.17) is 37.0 Å². The first-order chi connectivity index (χ1) is 47.7. The number of unbranched alkanes of at least 4 members (excludes halogenated alkanes) is 36. The highest BCUT2D eigenvalue weighted by molar-refractivity contribution is 7.47. The number of phosphoric ester groups is 2. The van der Waals surface area contributed by atoms with Crippen LogP contribution in [-0.4, -0.2) is 96.7 Å². The molecule has 5 atom stereocenters. The number of allylic oxidation sites excluding steroid dienone is 12. The zero-order valence-corrected chi connectivity index (χ0v) is 64.0. The smallest absolute Gasteiger partial charge is 0.462 e. The van der Waals surface area contributed by atoms with Crippen LogP contribution in [0.3, 0.4) is 0 Å². The van der Waals surface area contributed by atoms with E-state index < -0.39 is 97.5 Å². The van der Waals surface area contributed by atoms with Crippen LogP contribution < -0.4 is 0 Å². The van der Waals surface area contributed by atoms with Gasteiger partial charge in [0.2, 0.25) is 0 Å². The first kappa shape index (κ1) is 94.5. The van der Waals surface area contributed by atoms with Gasteiger partial charge in [-0.2, -0.15) is 0 Å². The van der Waals surface area contributed by atoms with Crippen LogP contribution in [0.15, 0.2) is 72.9 Å². The summed E-state index contributed by atoms with van der Waals surface area (Å²) < 4.78 is 68.4. The first-order valence-corrected chi connectivity index (χ1v) is 42.2. The number of hydrogen-bond acceptors (Lipinski definition) is 15. The highest BCUT2D eigenvalue weighted by atomic mass is 31.2. The largest absolute Gasteiger partial charge is 0.472 e. The maximum absolute atomic E-state index is 13.1. The lowest BCUT2D eigenvalue weighted by molar-refractivity contribution is -0.161. The highest BCUT2D eigenvalue weighted by Gasteiger charge is 2.30. The number of rotatable bonds is 74. The minimum absolute atomic E-state index is 0.0420. The summed E-state index contributed by atoms with van der Waals surface area (Å²) in [6.45, 7) is 4.79. The number of aliphatic hydroxyl groups is 1. The van der Waals surface area contributed by atoms with E-state index in [9.17, 15) is 43.2 Å². The van der Waals surface area contributed by atoms with Gasteiger partial charge in [0.05, 0.1) is 26.4 Å². The second kappa shape index (κ2) is 71.9. The van der Waals surface area contributed by atoms with Crippen molar-refractivity contribution >= 4 is 39.5 Å². The number of phosphoric acid groups is 2. The molecule has 0 aliphatic rings. The van der Waals surface area contributed by atoms with Gasteiger partial charge in [-0.05, 0) is 89.9 Å². The van der Waals surface area contributed by atoms with Crippen molar-refractivity contribution in [3.8, 4) is 0 Å². The van der Waals surface area contributed by atoms with Gasteiger partial charge in [0.15, 0.2) is 12.2 Å². The van der Waals surface area contributed by atoms with Crippen molar-refractivity contribution in [1.29, 1.82) is 0 Å². The van der Waals surface area contributed by atoms with E-state index in [1.807, 2.05) is 12.2 Å². The maximum Gasteiger partial charge on any atom is 0.472 e. The van der Waals surface area contributed by atoms with Gasteiger partial charge in [-0.15, -0.1) is 0 Å². The molecular formula is C79H142O17P2. The Labute approximate surface area is 596 Å². The van der Waals surface area contributed by atoms with Crippen LogP contribution in [-0.2, 0) is 65.4 Å². The Morgan fingerprint density at radius 1 is 0.286 bits per heavy atom. The van der Waals surface area contributed by atoms with Crippen molar-refractivity contribution in [2.45, 2.75) is 367 Å². The number of carbonyl (C=O) groups excluding carboxylic acids is 4. The molecule has 0 aliphatic carbocycles. The van der Waals surface area contributed by atoms with Crippen molar-refractivity contribution in [2.75, 3.05) is 39.6 Å². The average Bonchev–Trinajstić information content (AvgIpc) is 0.966. The molecule has 0 bridgehead atoms. The molecule has 0 spiro atoms. The molecule has 0 aromatic rings. The Morgan fingerprint density at radius 3 is 0.867 bits per heavy atom. The molecule has 0 saturated heterocycles. The Hall–Kier alpha value is -3.50. The third-order valence-corrected chi connectivity index (χ3v) is 18.6. The maximum atomic E-state index is 13.1. The van der Waals surface area contributed by atoms with E-state index >= 15 is 0 Å². The first-order valence-electron chi connectivity index (χ1n) is 39.2. The fraction of sp³-hybridized carbons (Fsp3) is 0.797. The molecule has 17 nitrogen and oxygen atoms in total. The standard InChI is InChI=1S/C79H142O17P2/c1-5-9-13-17-21-25-29-33-34-35-36-37-38-42-44-48-52-56-60-64-77(82)90-70-75(96-79(84)66-62-58-54-50-46-41-32-28-24-20-16-12-8-4)72-94-98(87,88)92-68-73(80)67-91-97(85,86)93-71-74(95-78(83)65-61-57-53-49-45-40-31-27-23-19-15-11-7-3)69-89-76(81)63-59-55-51-47-43-39-30-26-22-18-14-10-6-2/h21,25-26,30,33-34,36-37,42,44,52,56,73-75,80H,5-20,22-24,27-29,31-32,35,38-41,43,45-51,53-55,57-72H2,1-4H3,(H,85,86)(H,87,88)/b25-21-,30-26-,34-33-,37-36-,44-42-,56-52-/t73-,74+,75+/m0/s1. The van der Waals surface area contributed by atoms with Crippen molar-refractivity contribution in [3.63, 3.8) is 0 Å². The molecule has 0 fully saturated rings. The Kier molecular flexibility index (Phi) is 69.3. The minimum atomic E-state index is -4.98. The highest BCUT2D eigenvalue weighted by Crippen LogP contribution is 2.45. The normalized spacial score (nSPS) is 14.3. The summed E-state index contributed by atoms with van der Waals surface area (Å²) in [6.07, 6.45) is 71.9.